The maximum Gasteiger partial charge on any atom is 0.254 e. The lowest BCUT2D eigenvalue weighted by Gasteiger charge is -2.19. The SMILES string of the molecule is CNC(=O)c1ccc(CN(C)C(=O)c2cc(-c3ccc(C)o3)nc3ccccc23)cc1. The summed E-state index contributed by atoms with van der Waals surface area (Å²) in [4.78, 5) is 31.4. The molecule has 2 amide bonds. The fourth-order valence-electron chi connectivity index (χ4n) is 3.51. The van der Waals surface area contributed by atoms with E-state index in [-0.39, 0.29) is 11.8 Å². The highest BCUT2D eigenvalue weighted by molar-refractivity contribution is 6.07. The van der Waals surface area contributed by atoms with Crippen LogP contribution in [-0.4, -0.2) is 35.8 Å². The fourth-order valence-corrected chi connectivity index (χ4v) is 3.51. The summed E-state index contributed by atoms with van der Waals surface area (Å²) in [6, 6.07) is 20.3. The van der Waals surface area contributed by atoms with Gasteiger partial charge < -0.3 is 14.6 Å². The Bertz CT molecular complexity index is 1260. The highest BCUT2D eigenvalue weighted by Crippen LogP contribution is 2.27. The molecule has 1 N–H and O–H groups in total. The first kappa shape index (κ1) is 20.3. The molecule has 0 saturated carbocycles. The number of nitrogens with one attached hydrogen (secondary N) is 1. The molecule has 0 aliphatic rings. The molecule has 2 aromatic carbocycles. The average Bonchev–Trinajstić information content (AvgIpc) is 3.24. The maximum atomic E-state index is 13.4. The minimum absolute atomic E-state index is 0.112. The van der Waals surface area contributed by atoms with Gasteiger partial charge in [0, 0.05) is 31.6 Å². The summed E-state index contributed by atoms with van der Waals surface area (Å²) < 4.78 is 5.73. The van der Waals surface area contributed by atoms with Gasteiger partial charge >= 0.3 is 0 Å². The molecule has 4 aromatic rings. The number of carbonyl (C=O) groups is 2. The second-order valence-electron chi connectivity index (χ2n) is 7.42. The Hall–Kier alpha value is -3.93. The van der Waals surface area contributed by atoms with Crippen molar-refractivity contribution < 1.29 is 14.0 Å². The minimum atomic E-state index is -0.139. The second kappa shape index (κ2) is 8.44. The average molecular weight is 413 g/mol. The Balaban J connectivity index is 1.65. The minimum Gasteiger partial charge on any atom is -0.460 e. The van der Waals surface area contributed by atoms with Crippen LogP contribution in [0.25, 0.3) is 22.4 Å². The van der Waals surface area contributed by atoms with Gasteiger partial charge in [-0.2, -0.15) is 0 Å². The molecule has 0 aliphatic carbocycles. The molecule has 4 rings (SSSR count). The molecular formula is C25H23N3O3. The molecular weight excluding hydrogens is 390 g/mol. The molecule has 0 spiro atoms. The second-order valence-corrected chi connectivity index (χ2v) is 7.42. The lowest BCUT2D eigenvalue weighted by atomic mass is 10.0. The predicted molar refractivity (Wildman–Crippen MR) is 120 cm³/mol. The smallest absolute Gasteiger partial charge is 0.254 e. The van der Waals surface area contributed by atoms with Gasteiger partial charge in [0.15, 0.2) is 5.76 Å². The lowest BCUT2D eigenvalue weighted by molar-refractivity contribution is 0.0786. The van der Waals surface area contributed by atoms with E-state index in [0.29, 0.717) is 29.1 Å². The molecule has 0 saturated heterocycles. The van der Waals surface area contributed by atoms with Crippen molar-refractivity contribution in [2.24, 2.45) is 0 Å². The van der Waals surface area contributed by atoms with Gasteiger partial charge in [0.25, 0.3) is 11.8 Å². The molecule has 156 valence electrons. The van der Waals surface area contributed by atoms with Crippen molar-refractivity contribution in [1.82, 2.24) is 15.2 Å². The van der Waals surface area contributed by atoms with Gasteiger partial charge in [-0.05, 0) is 48.9 Å². The Morgan fingerprint density at radius 3 is 2.45 bits per heavy atom. The van der Waals surface area contributed by atoms with E-state index < -0.39 is 0 Å². The monoisotopic (exact) mass is 413 g/mol. The number of furan rings is 1. The zero-order valence-corrected chi connectivity index (χ0v) is 17.7. The number of rotatable bonds is 5. The van der Waals surface area contributed by atoms with E-state index in [1.54, 1.807) is 37.2 Å². The fraction of sp³-hybridized carbons (Fsp3) is 0.160. The normalized spacial score (nSPS) is 10.8. The number of aromatic nitrogens is 1. The van der Waals surface area contributed by atoms with Crippen LogP contribution < -0.4 is 5.32 Å². The summed E-state index contributed by atoms with van der Waals surface area (Å²) >= 11 is 0. The number of amides is 2. The summed E-state index contributed by atoms with van der Waals surface area (Å²) in [5.74, 6) is 1.17. The number of fused-ring (bicyclic) bond motifs is 1. The van der Waals surface area contributed by atoms with Crippen LogP contribution in [0, 0.1) is 6.92 Å². The summed E-state index contributed by atoms with van der Waals surface area (Å²) in [6.07, 6.45) is 0. The first-order chi connectivity index (χ1) is 15.0. The highest BCUT2D eigenvalue weighted by Gasteiger charge is 2.19. The Kier molecular flexibility index (Phi) is 5.54. The van der Waals surface area contributed by atoms with Crippen molar-refractivity contribution in [1.29, 1.82) is 0 Å². The maximum absolute atomic E-state index is 13.4. The van der Waals surface area contributed by atoms with Gasteiger partial charge in [0.1, 0.15) is 11.5 Å². The number of pyridine rings is 1. The third-order valence-corrected chi connectivity index (χ3v) is 5.15. The van der Waals surface area contributed by atoms with Gasteiger partial charge in [0.2, 0.25) is 0 Å². The largest absolute Gasteiger partial charge is 0.460 e. The van der Waals surface area contributed by atoms with E-state index >= 15 is 0 Å². The van der Waals surface area contributed by atoms with Crippen molar-refractivity contribution >= 4 is 22.7 Å². The van der Waals surface area contributed by atoms with Crippen LogP contribution in [0.15, 0.2) is 71.1 Å². The van der Waals surface area contributed by atoms with Crippen molar-refractivity contribution in [3.05, 3.63) is 89.2 Å². The topological polar surface area (TPSA) is 75.4 Å². The molecule has 0 bridgehead atoms. The summed E-state index contributed by atoms with van der Waals surface area (Å²) in [6.45, 7) is 2.29. The summed E-state index contributed by atoms with van der Waals surface area (Å²) in [5.41, 5.74) is 3.45. The van der Waals surface area contributed by atoms with Gasteiger partial charge in [-0.1, -0.05) is 30.3 Å². The molecule has 0 atom stereocenters. The lowest BCUT2D eigenvalue weighted by Crippen LogP contribution is -2.26. The number of hydrogen-bond donors (Lipinski definition) is 1. The van der Waals surface area contributed by atoms with Crippen LogP contribution in [0.2, 0.25) is 0 Å². The van der Waals surface area contributed by atoms with Crippen molar-refractivity contribution in [2.45, 2.75) is 13.5 Å². The van der Waals surface area contributed by atoms with Crippen molar-refractivity contribution in [3.8, 4) is 11.5 Å². The third-order valence-electron chi connectivity index (χ3n) is 5.15. The van der Waals surface area contributed by atoms with E-state index in [4.69, 9.17) is 4.42 Å². The highest BCUT2D eigenvalue weighted by atomic mass is 16.3. The Labute approximate surface area is 180 Å². The van der Waals surface area contributed by atoms with Crippen LogP contribution >= 0.6 is 0 Å². The van der Waals surface area contributed by atoms with Gasteiger partial charge in [-0.25, -0.2) is 4.98 Å². The van der Waals surface area contributed by atoms with E-state index in [0.717, 1.165) is 22.2 Å². The van der Waals surface area contributed by atoms with E-state index in [9.17, 15) is 9.59 Å². The molecule has 0 unspecified atom stereocenters. The van der Waals surface area contributed by atoms with Crippen LogP contribution in [0.5, 0.6) is 0 Å². The van der Waals surface area contributed by atoms with Crippen molar-refractivity contribution in [3.63, 3.8) is 0 Å². The summed E-state index contributed by atoms with van der Waals surface area (Å²) in [7, 11) is 3.36. The molecule has 6 heteroatoms. The zero-order valence-electron chi connectivity index (χ0n) is 17.7. The van der Waals surface area contributed by atoms with E-state index in [1.807, 2.05) is 55.5 Å². The first-order valence-corrected chi connectivity index (χ1v) is 9.99. The zero-order chi connectivity index (χ0) is 22.0. The Morgan fingerprint density at radius 1 is 1.03 bits per heavy atom. The van der Waals surface area contributed by atoms with E-state index in [1.165, 1.54) is 0 Å². The third kappa shape index (κ3) is 4.19. The summed E-state index contributed by atoms with van der Waals surface area (Å²) in [5, 5.41) is 3.39. The number of nitrogens with zero attached hydrogens (tertiary/aromatic N) is 2. The number of para-hydroxylation sites is 1. The Morgan fingerprint density at radius 2 is 1.77 bits per heavy atom. The molecule has 2 aromatic heterocycles. The molecule has 0 aliphatic heterocycles. The first-order valence-electron chi connectivity index (χ1n) is 9.99. The molecule has 0 fully saturated rings. The number of carbonyl (C=O) groups excluding carboxylic acids is 2. The molecule has 2 heterocycles. The number of hydrogen-bond acceptors (Lipinski definition) is 4. The van der Waals surface area contributed by atoms with Gasteiger partial charge in [0.05, 0.1) is 11.1 Å². The van der Waals surface area contributed by atoms with Crippen LogP contribution in [-0.2, 0) is 6.54 Å². The van der Waals surface area contributed by atoms with Crippen molar-refractivity contribution in [2.75, 3.05) is 14.1 Å². The molecule has 31 heavy (non-hydrogen) atoms. The van der Waals surface area contributed by atoms with Crippen LogP contribution in [0.3, 0.4) is 0 Å². The van der Waals surface area contributed by atoms with Crippen LogP contribution in [0.4, 0.5) is 0 Å². The molecule has 6 nitrogen and oxygen atoms in total. The van der Waals surface area contributed by atoms with Crippen LogP contribution in [0.1, 0.15) is 32.0 Å². The molecule has 0 radical (unpaired) electrons. The van der Waals surface area contributed by atoms with Gasteiger partial charge in [-0.3, -0.25) is 9.59 Å². The number of aryl methyl sites for hydroxylation is 1. The predicted octanol–water partition coefficient (Wildman–Crippen LogP) is 4.44. The standard InChI is InChI=1S/C25H23N3O3/c1-16-8-13-23(31-16)22-14-20(19-6-4-5-7-21(19)27-22)25(30)28(3)15-17-9-11-18(12-10-17)24(29)26-2/h4-14H,15H2,1-3H3,(H,26,29). The van der Waals surface area contributed by atoms with Gasteiger partial charge in [-0.15, -0.1) is 0 Å². The quantitative estimate of drug-likeness (QED) is 0.525. The van der Waals surface area contributed by atoms with E-state index in [2.05, 4.69) is 10.3 Å². The number of benzene rings is 2.